The molecule has 1 amide bonds. The van der Waals surface area contributed by atoms with E-state index in [1.165, 1.54) is 18.2 Å². The normalized spacial score (nSPS) is 14.3. The molecule has 0 spiro atoms. The van der Waals surface area contributed by atoms with Gasteiger partial charge in [-0.2, -0.15) is 4.39 Å². The maximum Gasteiger partial charge on any atom is 0.412 e. The summed E-state index contributed by atoms with van der Waals surface area (Å²) in [5.41, 5.74) is 3.81. The number of esters is 1. The summed E-state index contributed by atoms with van der Waals surface area (Å²) in [4.78, 5) is 25.5. The zero-order valence-corrected chi connectivity index (χ0v) is 23.4. The van der Waals surface area contributed by atoms with Crippen molar-refractivity contribution >= 4 is 40.7 Å². The Morgan fingerprint density at radius 1 is 0.975 bits per heavy atom. The van der Waals surface area contributed by atoms with Gasteiger partial charge in [-0.15, -0.1) is 11.3 Å². The van der Waals surface area contributed by atoms with Crippen LogP contribution in [0.1, 0.15) is 43.9 Å². The van der Waals surface area contributed by atoms with Gasteiger partial charge in [0.05, 0.1) is 27.6 Å². The van der Waals surface area contributed by atoms with Crippen molar-refractivity contribution in [3.8, 4) is 21.6 Å². The number of ether oxygens (including phenoxy) is 2. The van der Waals surface area contributed by atoms with Gasteiger partial charge in [-0.05, 0) is 61.1 Å². The number of benzene rings is 3. The molecule has 5 rings (SSSR count). The van der Waals surface area contributed by atoms with Crippen molar-refractivity contribution in [2.75, 3.05) is 11.9 Å². The van der Waals surface area contributed by atoms with E-state index in [1.54, 1.807) is 6.92 Å². The zero-order valence-electron chi connectivity index (χ0n) is 21.8. The van der Waals surface area contributed by atoms with Gasteiger partial charge in [0.25, 0.3) is 0 Å². The number of amides is 1. The first-order valence-corrected chi connectivity index (χ1v) is 14.0. The summed E-state index contributed by atoms with van der Waals surface area (Å²) in [6.45, 7) is 3.78. The van der Waals surface area contributed by atoms with E-state index >= 15 is 0 Å². The standard InChI is InChI=1S/C31H26ClF2NO4S/c1-3-38-29(36)31(14-15-31)22-10-8-20(9-11-22)19-4-6-21(7-5-19)28-26(17-27(34)40-28)35-30(37)39-18(2)24-13-12-23(33)16-25(24)32/h4-13,16-18H,3,14-15H2,1-2H3,(H,35,37)/t18-/m1/s1. The van der Waals surface area contributed by atoms with Crippen molar-refractivity contribution in [1.29, 1.82) is 0 Å². The Labute approximate surface area is 239 Å². The van der Waals surface area contributed by atoms with E-state index in [-0.39, 0.29) is 16.7 Å². The molecule has 40 heavy (non-hydrogen) atoms. The lowest BCUT2D eigenvalue weighted by Gasteiger charge is -2.16. The van der Waals surface area contributed by atoms with Crippen molar-refractivity contribution in [3.05, 3.63) is 99.9 Å². The summed E-state index contributed by atoms with van der Waals surface area (Å²) in [5.74, 6) is -0.662. The predicted octanol–water partition coefficient (Wildman–Crippen LogP) is 8.92. The van der Waals surface area contributed by atoms with E-state index in [0.717, 1.165) is 52.5 Å². The molecule has 0 radical (unpaired) electrons. The number of nitrogens with one attached hydrogen (secondary N) is 1. The number of thiophene rings is 1. The van der Waals surface area contributed by atoms with Crippen LogP contribution < -0.4 is 5.32 Å². The largest absolute Gasteiger partial charge is 0.465 e. The molecule has 0 bridgehead atoms. The topological polar surface area (TPSA) is 64.6 Å². The lowest BCUT2D eigenvalue weighted by atomic mass is 9.93. The number of halogens is 3. The highest BCUT2D eigenvalue weighted by molar-refractivity contribution is 7.14. The predicted molar refractivity (Wildman–Crippen MR) is 153 cm³/mol. The summed E-state index contributed by atoms with van der Waals surface area (Å²) >= 11 is 6.97. The first-order chi connectivity index (χ1) is 19.2. The molecule has 0 unspecified atom stereocenters. The van der Waals surface area contributed by atoms with Crippen LogP contribution in [0.3, 0.4) is 0 Å². The maximum absolute atomic E-state index is 14.3. The Bertz CT molecular complexity index is 1550. The van der Waals surface area contributed by atoms with Crippen molar-refractivity contribution in [3.63, 3.8) is 0 Å². The molecule has 1 fully saturated rings. The fourth-order valence-corrected chi connectivity index (χ4v) is 5.83. The van der Waals surface area contributed by atoms with E-state index < -0.39 is 28.6 Å². The number of hydrogen-bond donors (Lipinski definition) is 1. The summed E-state index contributed by atoms with van der Waals surface area (Å²) in [5, 5.41) is 2.29. The summed E-state index contributed by atoms with van der Waals surface area (Å²) in [7, 11) is 0. The van der Waals surface area contributed by atoms with Gasteiger partial charge in [0.2, 0.25) is 0 Å². The van der Waals surface area contributed by atoms with Crippen LogP contribution in [0.4, 0.5) is 19.3 Å². The second kappa shape index (κ2) is 11.4. The molecule has 1 saturated carbocycles. The molecular formula is C31H26ClF2NO4S. The van der Waals surface area contributed by atoms with E-state index in [2.05, 4.69) is 5.32 Å². The second-order valence-electron chi connectivity index (χ2n) is 9.59. The average Bonchev–Trinajstić information content (AvgIpc) is 3.66. The van der Waals surface area contributed by atoms with Crippen molar-refractivity contribution < 1.29 is 27.8 Å². The number of hydrogen-bond acceptors (Lipinski definition) is 5. The Kier molecular flexibility index (Phi) is 7.92. The van der Waals surface area contributed by atoms with Crippen LogP contribution in [0.5, 0.6) is 0 Å². The first kappa shape index (κ1) is 27.8. The monoisotopic (exact) mass is 581 g/mol. The molecule has 0 aliphatic heterocycles. The van der Waals surface area contributed by atoms with Gasteiger partial charge in [-0.25, -0.2) is 9.18 Å². The molecular weight excluding hydrogens is 556 g/mol. The molecule has 4 aromatic rings. The lowest BCUT2D eigenvalue weighted by Crippen LogP contribution is -2.23. The molecule has 206 valence electrons. The highest BCUT2D eigenvalue weighted by Gasteiger charge is 2.52. The van der Waals surface area contributed by atoms with Crippen molar-refractivity contribution in [1.82, 2.24) is 0 Å². The quantitative estimate of drug-likeness (QED) is 0.211. The van der Waals surface area contributed by atoms with Crippen LogP contribution in [-0.4, -0.2) is 18.7 Å². The molecule has 1 atom stereocenters. The van der Waals surface area contributed by atoms with Gasteiger partial charge in [0.1, 0.15) is 11.9 Å². The van der Waals surface area contributed by atoms with E-state index in [9.17, 15) is 18.4 Å². The molecule has 1 N–H and O–H groups in total. The average molecular weight is 582 g/mol. The molecule has 1 aliphatic rings. The van der Waals surface area contributed by atoms with Crippen molar-refractivity contribution in [2.24, 2.45) is 0 Å². The van der Waals surface area contributed by atoms with E-state index in [4.69, 9.17) is 21.1 Å². The molecule has 1 aliphatic carbocycles. The number of anilines is 1. The van der Waals surface area contributed by atoms with Gasteiger partial charge >= 0.3 is 12.1 Å². The van der Waals surface area contributed by atoms with Crippen LogP contribution in [0, 0.1) is 10.9 Å². The Morgan fingerprint density at radius 2 is 1.60 bits per heavy atom. The van der Waals surface area contributed by atoms with Gasteiger partial charge in [-0.3, -0.25) is 10.1 Å². The van der Waals surface area contributed by atoms with E-state index in [1.807, 2.05) is 55.5 Å². The SMILES string of the molecule is CCOC(=O)C1(c2ccc(-c3ccc(-c4sc(F)cc4NC(=O)O[C@H](C)c4ccc(F)cc4Cl)cc3)cc2)CC1. The van der Waals surface area contributed by atoms with Gasteiger partial charge in [0, 0.05) is 11.6 Å². The van der Waals surface area contributed by atoms with Crippen LogP contribution >= 0.6 is 22.9 Å². The van der Waals surface area contributed by atoms with Crippen LogP contribution in [0.2, 0.25) is 5.02 Å². The van der Waals surface area contributed by atoms with Gasteiger partial charge < -0.3 is 9.47 Å². The number of carbonyl (C=O) groups is 2. The fourth-order valence-electron chi connectivity index (χ4n) is 4.66. The molecule has 9 heteroatoms. The molecule has 5 nitrogen and oxygen atoms in total. The molecule has 1 heterocycles. The fraction of sp³-hybridized carbons (Fsp3) is 0.226. The first-order valence-electron chi connectivity index (χ1n) is 12.8. The molecule has 1 aromatic heterocycles. The Balaban J connectivity index is 1.28. The maximum atomic E-state index is 14.3. The smallest absolute Gasteiger partial charge is 0.412 e. The minimum absolute atomic E-state index is 0.142. The molecule has 0 saturated heterocycles. The van der Waals surface area contributed by atoms with Crippen LogP contribution in [0.15, 0.2) is 72.8 Å². The Morgan fingerprint density at radius 3 is 2.20 bits per heavy atom. The minimum Gasteiger partial charge on any atom is -0.465 e. The number of rotatable bonds is 8. The third-order valence-electron chi connectivity index (χ3n) is 6.96. The highest BCUT2D eigenvalue weighted by atomic mass is 35.5. The Hall–Kier alpha value is -3.75. The number of carbonyl (C=O) groups excluding carboxylic acids is 2. The lowest BCUT2D eigenvalue weighted by molar-refractivity contribution is -0.146. The summed E-state index contributed by atoms with van der Waals surface area (Å²) < 4.78 is 38.3. The van der Waals surface area contributed by atoms with Gasteiger partial charge in [0.15, 0.2) is 5.13 Å². The minimum atomic E-state index is -0.792. The highest BCUT2D eigenvalue weighted by Crippen LogP contribution is 2.49. The van der Waals surface area contributed by atoms with Crippen LogP contribution in [-0.2, 0) is 19.7 Å². The zero-order chi connectivity index (χ0) is 28.4. The van der Waals surface area contributed by atoms with Gasteiger partial charge in [-0.1, -0.05) is 66.2 Å². The second-order valence-corrected chi connectivity index (χ2v) is 11.0. The van der Waals surface area contributed by atoms with E-state index in [0.29, 0.717) is 17.0 Å². The van der Waals surface area contributed by atoms with Crippen molar-refractivity contribution in [2.45, 2.75) is 38.2 Å². The van der Waals surface area contributed by atoms with Crippen LogP contribution in [0.25, 0.3) is 21.6 Å². The summed E-state index contributed by atoms with van der Waals surface area (Å²) in [6.07, 6.45) is 0.0396. The molecule has 3 aromatic carbocycles. The third kappa shape index (κ3) is 5.74. The third-order valence-corrected chi connectivity index (χ3v) is 8.26. The summed E-state index contributed by atoms with van der Waals surface area (Å²) in [6, 6.07) is 20.5.